The zero-order valence-corrected chi connectivity index (χ0v) is 17.6. The Morgan fingerprint density at radius 3 is 2.72 bits per heavy atom. The van der Waals surface area contributed by atoms with Gasteiger partial charge >= 0.3 is 0 Å². The van der Waals surface area contributed by atoms with Gasteiger partial charge in [0.05, 0.1) is 22.3 Å². The first kappa shape index (κ1) is 21.0. The highest BCUT2D eigenvalue weighted by atomic mass is 79.9. The predicted octanol–water partition coefficient (Wildman–Crippen LogP) is 3.85. The number of halogens is 3. The third-order valence-corrected chi connectivity index (χ3v) is 5.52. The summed E-state index contributed by atoms with van der Waals surface area (Å²) in [6.07, 6.45) is 0. The van der Waals surface area contributed by atoms with Crippen LogP contribution in [0.15, 0.2) is 27.2 Å². The van der Waals surface area contributed by atoms with Crippen molar-refractivity contribution in [2.24, 2.45) is 0 Å². The summed E-state index contributed by atoms with van der Waals surface area (Å²) in [5, 5.41) is 10.9. The summed E-state index contributed by atoms with van der Waals surface area (Å²) < 4.78 is 39.9. The fraction of sp³-hybridized carbons (Fsp3) is 0.316. The van der Waals surface area contributed by atoms with Gasteiger partial charge in [0.2, 0.25) is 0 Å². The molecule has 3 aromatic rings. The van der Waals surface area contributed by atoms with E-state index in [2.05, 4.69) is 31.5 Å². The van der Waals surface area contributed by atoms with E-state index in [1.165, 1.54) is 6.07 Å². The number of rotatable bonds is 7. The number of carbonyl (C=O) groups is 1. The van der Waals surface area contributed by atoms with Gasteiger partial charge in [-0.1, -0.05) is 5.16 Å². The van der Waals surface area contributed by atoms with Gasteiger partial charge in [-0.2, -0.15) is 5.10 Å². The van der Waals surface area contributed by atoms with Crippen molar-refractivity contribution in [2.75, 3.05) is 6.54 Å². The van der Waals surface area contributed by atoms with E-state index in [9.17, 15) is 13.6 Å². The second kappa shape index (κ2) is 8.73. The molecule has 29 heavy (non-hydrogen) atoms. The van der Waals surface area contributed by atoms with Gasteiger partial charge in [0.1, 0.15) is 18.2 Å². The molecule has 2 heterocycles. The molecule has 3 rings (SSSR count). The zero-order valence-electron chi connectivity index (χ0n) is 16.1. The summed E-state index contributed by atoms with van der Waals surface area (Å²) in [6, 6.07) is 2.99. The number of aromatic nitrogens is 3. The van der Waals surface area contributed by atoms with E-state index < -0.39 is 17.5 Å². The lowest BCUT2D eigenvalue weighted by Gasteiger charge is -2.09. The first-order valence-corrected chi connectivity index (χ1v) is 9.58. The Bertz CT molecular complexity index is 1050. The van der Waals surface area contributed by atoms with Gasteiger partial charge in [0, 0.05) is 18.3 Å². The van der Waals surface area contributed by atoms with E-state index in [0.29, 0.717) is 24.4 Å². The highest BCUT2D eigenvalue weighted by molar-refractivity contribution is 9.10. The standard InChI is InChI=1S/C19H19BrF2N4O3/c1-10-17(20)11(2)26(24-10)7-6-23-19(27)18-14(12(3)29-25-18)9-28-16-5-4-13(21)8-15(16)22/h4-5,8H,6-7,9H2,1-3H3,(H,23,27). The number of hydrogen-bond acceptors (Lipinski definition) is 5. The summed E-state index contributed by atoms with van der Waals surface area (Å²) in [4.78, 5) is 12.5. The highest BCUT2D eigenvalue weighted by Gasteiger charge is 2.21. The Hall–Kier alpha value is -2.75. The van der Waals surface area contributed by atoms with Gasteiger partial charge in [-0.15, -0.1) is 0 Å². The van der Waals surface area contributed by atoms with E-state index in [1.807, 2.05) is 13.8 Å². The minimum Gasteiger partial charge on any atom is -0.486 e. The molecule has 0 radical (unpaired) electrons. The van der Waals surface area contributed by atoms with E-state index in [-0.39, 0.29) is 18.1 Å². The number of aryl methyl sites for hydroxylation is 2. The van der Waals surface area contributed by atoms with Crippen LogP contribution in [-0.2, 0) is 13.2 Å². The summed E-state index contributed by atoms with van der Waals surface area (Å²) in [5.41, 5.74) is 2.28. The van der Waals surface area contributed by atoms with Crippen LogP contribution in [0.4, 0.5) is 8.78 Å². The molecule has 1 amide bonds. The van der Waals surface area contributed by atoms with Crippen LogP contribution in [-0.4, -0.2) is 27.4 Å². The molecule has 2 aromatic heterocycles. The van der Waals surface area contributed by atoms with Gasteiger partial charge < -0.3 is 14.6 Å². The summed E-state index contributed by atoms with van der Waals surface area (Å²) in [7, 11) is 0. The molecule has 0 unspecified atom stereocenters. The molecule has 0 aliphatic heterocycles. The second-order valence-electron chi connectivity index (χ2n) is 6.39. The molecule has 10 heteroatoms. The van der Waals surface area contributed by atoms with Gasteiger partial charge in [0.15, 0.2) is 17.3 Å². The quantitative estimate of drug-likeness (QED) is 0.569. The third-order valence-electron chi connectivity index (χ3n) is 4.37. The van der Waals surface area contributed by atoms with Crippen molar-refractivity contribution in [1.29, 1.82) is 0 Å². The lowest BCUT2D eigenvalue weighted by Crippen LogP contribution is -2.29. The van der Waals surface area contributed by atoms with Crippen molar-refractivity contribution < 1.29 is 22.8 Å². The molecule has 7 nitrogen and oxygen atoms in total. The summed E-state index contributed by atoms with van der Waals surface area (Å²) in [6.45, 7) is 6.10. The SMILES string of the molecule is Cc1nn(CCNC(=O)c2noc(C)c2COc2ccc(F)cc2F)c(C)c1Br. The molecule has 0 atom stereocenters. The van der Waals surface area contributed by atoms with E-state index in [0.717, 1.165) is 28.0 Å². The number of amides is 1. The molecule has 0 aliphatic rings. The maximum absolute atomic E-state index is 13.7. The number of benzene rings is 1. The van der Waals surface area contributed by atoms with Crippen LogP contribution in [0.2, 0.25) is 0 Å². The molecule has 0 saturated heterocycles. The largest absolute Gasteiger partial charge is 0.486 e. The molecule has 154 valence electrons. The Morgan fingerprint density at radius 1 is 1.31 bits per heavy atom. The summed E-state index contributed by atoms with van der Waals surface area (Å²) >= 11 is 3.46. The topological polar surface area (TPSA) is 82.2 Å². The van der Waals surface area contributed by atoms with Crippen molar-refractivity contribution in [1.82, 2.24) is 20.3 Å². The van der Waals surface area contributed by atoms with Crippen molar-refractivity contribution in [3.63, 3.8) is 0 Å². The molecular formula is C19H19BrF2N4O3. The van der Waals surface area contributed by atoms with Gasteiger partial charge in [-0.25, -0.2) is 8.78 Å². The Labute approximate surface area is 174 Å². The van der Waals surface area contributed by atoms with Crippen LogP contribution in [0.5, 0.6) is 5.75 Å². The average Bonchev–Trinajstić information content (AvgIpc) is 3.16. The Kier molecular flexibility index (Phi) is 6.31. The van der Waals surface area contributed by atoms with Gasteiger partial charge in [-0.3, -0.25) is 9.48 Å². The number of nitrogens with one attached hydrogen (secondary N) is 1. The van der Waals surface area contributed by atoms with Gasteiger partial charge in [0.25, 0.3) is 5.91 Å². The molecule has 0 aliphatic carbocycles. The summed E-state index contributed by atoms with van der Waals surface area (Å²) in [5.74, 6) is -1.74. The first-order valence-electron chi connectivity index (χ1n) is 8.78. The average molecular weight is 469 g/mol. The van der Waals surface area contributed by atoms with Crippen LogP contribution >= 0.6 is 15.9 Å². The van der Waals surface area contributed by atoms with E-state index in [1.54, 1.807) is 11.6 Å². The van der Waals surface area contributed by atoms with Crippen molar-refractivity contribution in [2.45, 2.75) is 33.9 Å². The fourth-order valence-electron chi connectivity index (χ4n) is 2.73. The minimum atomic E-state index is -0.832. The maximum atomic E-state index is 13.7. The van der Waals surface area contributed by atoms with Crippen molar-refractivity contribution in [3.05, 3.63) is 62.7 Å². The molecule has 1 aromatic carbocycles. The predicted molar refractivity (Wildman–Crippen MR) is 104 cm³/mol. The van der Waals surface area contributed by atoms with E-state index >= 15 is 0 Å². The van der Waals surface area contributed by atoms with Crippen LogP contribution in [0.3, 0.4) is 0 Å². The lowest BCUT2D eigenvalue weighted by atomic mass is 10.2. The monoisotopic (exact) mass is 468 g/mol. The first-order chi connectivity index (χ1) is 13.8. The van der Waals surface area contributed by atoms with Crippen LogP contribution < -0.4 is 10.1 Å². The maximum Gasteiger partial charge on any atom is 0.273 e. The molecule has 0 fully saturated rings. The molecule has 0 bridgehead atoms. The van der Waals surface area contributed by atoms with Gasteiger partial charge in [-0.05, 0) is 48.8 Å². The normalized spacial score (nSPS) is 11.0. The van der Waals surface area contributed by atoms with Crippen molar-refractivity contribution in [3.8, 4) is 5.75 Å². The zero-order chi connectivity index (χ0) is 21.1. The minimum absolute atomic E-state index is 0.0552. The van der Waals surface area contributed by atoms with Crippen LogP contribution in [0.1, 0.15) is 33.2 Å². The highest BCUT2D eigenvalue weighted by Crippen LogP contribution is 2.22. The van der Waals surface area contributed by atoms with Crippen LogP contribution in [0, 0.1) is 32.4 Å². The molecule has 1 N–H and O–H groups in total. The molecular weight excluding hydrogens is 450 g/mol. The number of carbonyl (C=O) groups excluding carboxylic acids is 1. The third kappa shape index (κ3) is 4.64. The molecule has 0 spiro atoms. The fourth-order valence-corrected chi connectivity index (χ4v) is 3.02. The second-order valence-corrected chi connectivity index (χ2v) is 7.19. The van der Waals surface area contributed by atoms with E-state index in [4.69, 9.17) is 9.26 Å². The van der Waals surface area contributed by atoms with Crippen LogP contribution in [0.25, 0.3) is 0 Å². The smallest absolute Gasteiger partial charge is 0.273 e. The lowest BCUT2D eigenvalue weighted by molar-refractivity contribution is 0.0940. The number of hydrogen-bond donors (Lipinski definition) is 1. The Morgan fingerprint density at radius 2 is 2.07 bits per heavy atom. The Balaban J connectivity index is 1.63. The molecule has 0 saturated carbocycles. The number of nitrogens with zero attached hydrogens (tertiary/aromatic N) is 3. The number of ether oxygens (including phenoxy) is 1. The van der Waals surface area contributed by atoms with Crippen molar-refractivity contribution >= 4 is 21.8 Å².